The number of hydrogen-bond donors (Lipinski definition) is 1. The Morgan fingerprint density at radius 1 is 1.13 bits per heavy atom. The lowest BCUT2D eigenvalue weighted by Crippen LogP contribution is -2.11. The average Bonchev–Trinajstić information content (AvgIpc) is 3.05. The molecule has 0 atom stereocenters. The molecule has 2 nitrogen and oxygen atoms in total. The Balaban J connectivity index is 2.03. The van der Waals surface area contributed by atoms with E-state index in [1.54, 1.807) is 0 Å². The third-order valence-corrected chi connectivity index (χ3v) is 5.62. The molecule has 0 amide bonds. The molecule has 158 valence electrons. The van der Waals surface area contributed by atoms with Gasteiger partial charge in [0.15, 0.2) is 0 Å². The van der Waals surface area contributed by atoms with Gasteiger partial charge in [0.05, 0.1) is 12.2 Å². The summed E-state index contributed by atoms with van der Waals surface area (Å²) >= 11 is 0. The first kappa shape index (κ1) is 20.9. The molecule has 0 bridgehead atoms. The van der Waals surface area contributed by atoms with Gasteiger partial charge in [-0.25, -0.2) is 8.78 Å². The van der Waals surface area contributed by atoms with Crippen molar-refractivity contribution < 1.29 is 8.78 Å². The Hall–Kier alpha value is -3.40. The Bertz CT molecular complexity index is 1260. The van der Waals surface area contributed by atoms with Gasteiger partial charge in [0.2, 0.25) is 0 Å². The minimum atomic E-state index is -0.451. The number of halogens is 2. The number of aromatic nitrogens is 1. The van der Waals surface area contributed by atoms with Crippen LogP contribution in [0.15, 0.2) is 73.6 Å². The quantitative estimate of drug-likeness (QED) is 0.459. The van der Waals surface area contributed by atoms with Gasteiger partial charge in [-0.3, -0.25) is 0 Å². The zero-order valence-electron chi connectivity index (χ0n) is 17.9. The van der Waals surface area contributed by atoms with Crippen LogP contribution in [0.3, 0.4) is 0 Å². The maximum atomic E-state index is 14.5. The van der Waals surface area contributed by atoms with Crippen LogP contribution in [0.25, 0.3) is 22.0 Å². The van der Waals surface area contributed by atoms with Crippen molar-refractivity contribution in [2.45, 2.75) is 33.2 Å². The summed E-state index contributed by atoms with van der Waals surface area (Å²) in [6.45, 7) is 12.7. The lowest BCUT2D eigenvalue weighted by atomic mass is 9.94. The standard InChI is InChI=1S/C27H26F2N2/c1-5-7-19-9-12-25-23(14-19)26(22-8-6-13-30-18(22)4)27(17(2)3)31(25)16-20-15-21(28)10-11-24(20)29/h6,8-15,30H,2,4-5,7,16H2,1,3H3. The van der Waals surface area contributed by atoms with E-state index in [1.807, 2.05) is 29.8 Å². The summed E-state index contributed by atoms with van der Waals surface area (Å²) in [6, 6.07) is 9.96. The fourth-order valence-electron chi connectivity index (χ4n) is 4.27. The van der Waals surface area contributed by atoms with Crippen molar-refractivity contribution in [2.24, 2.45) is 0 Å². The molecule has 0 unspecified atom stereocenters. The van der Waals surface area contributed by atoms with Gasteiger partial charge in [-0.1, -0.05) is 38.6 Å². The fourth-order valence-corrected chi connectivity index (χ4v) is 4.27. The highest BCUT2D eigenvalue weighted by Gasteiger charge is 2.23. The monoisotopic (exact) mass is 416 g/mol. The number of nitrogens with zero attached hydrogens (tertiary/aromatic N) is 1. The first-order valence-electron chi connectivity index (χ1n) is 10.5. The molecular formula is C27H26F2N2. The molecule has 4 rings (SSSR count). The van der Waals surface area contributed by atoms with Crippen molar-refractivity contribution in [1.29, 1.82) is 0 Å². The minimum Gasteiger partial charge on any atom is -0.362 e. The molecular weight excluding hydrogens is 390 g/mol. The predicted molar refractivity (Wildman–Crippen MR) is 125 cm³/mol. The molecule has 0 saturated heterocycles. The van der Waals surface area contributed by atoms with Gasteiger partial charge in [-0.2, -0.15) is 0 Å². The van der Waals surface area contributed by atoms with Crippen LogP contribution in [0.1, 0.15) is 42.7 Å². The van der Waals surface area contributed by atoms with Gasteiger partial charge in [0.25, 0.3) is 0 Å². The second-order valence-electron chi connectivity index (χ2n) is 7.99. The van der Waals surface area contributed by atoms with Gasteiger partial charge >= 0.3 is 0 Å². The number of allylic oxidation sites excluding steroid dienone is 4. The molecule has 4 heteroatoms. The van der Waals surface area contributed by atoms with Crippen molar-refractivity contribution in [3.63, 3.8) is 0 Å². The number of aryl methyl sites for hydroxylation is 1. The van der Waals surface area contributed by atoms with E-state index in [9.17, 15) is 8.78 Å². The van der Waals surface area contributed by atoms with Crippen molar-refractivity contribution >= 4 is 22.0 Å². The van der Waals surface area contributed by atoms with Gasteiger partial charge in [-0.05, 0) is 60.9 Å². The Labute approximate surface area is 181 Å². The SMILES string of the molecule is C=C1NC=CC=C1c1c(C(=C)C)n(Cc2cc(F)ccc2F)c2ccc(CCC)cc12. The minimum absolute atomic E-state index is 0.207. The number of fused-ring (bicyclic) bond motifs is 1. The topological polar surface area (TPSA) is 17.0 Å². The summed E-state index contributed by atoms with van der Waals surface area (Å²) < 4.78 is 30.4. The molecule has 0 spiro atoms. The normalized spacial score (nSPS) is 13.4. The molecule has 0 radical (unpaired) electrons. The van der Waals surface area contributed by atoms with Crippen LogP contribution in [0.2, 0.25) is 0 Å². The second-order valence-corrected chi connectivity index (χ2v) is 7.99. The van der Waals surface area contributed by atoms with Crippen LogP contribution < -0.4 is 5.32 Å². The van der Waals surface area contributed by atoms with E-state index in [2.05, 4.69) is 43.6 Å². The molecule has 0 aliphatic carbocycles. The van der Waals surface area contributed by atoms with E-state index < -0.39 is 11.6 Å². The van der Waals surface area contributed by atoms with Crippen LogP contribution >= 0.6 is 0 Å². The predicted octanol–water partition coefficient (Wildman–Crippen LogP) is 6.97. The third kappa shape index (κ3) is 3.86. The molecule has 1 aliphatic heterocycles. The number of rotatable bonds is 6. The molecule has 1 aromatic heterocycles. The summed E-state index contributed by atoms with van der Waals surface area (Å²) in [6.07, 6.45) is 7.83. The third-order valence-electron chi connectivity index (χ3n) is 5.62. The highest BCUT2D eigenvalue weighted by Crippen LogP contribution is 2.39. The van der Waals surface area contributed by atoms with E-state index in [4.69, 9.17) is 0 Å². The molecule has 1 aliphatic rings. The Morgan fingerprint density at radius 2 is 1.94 bits per heavy atom. The summed E-state index contributed by atoms with van der Waals surface area (Å²) in [5.74, 6) is -0.876. The highest BCUT2D eigenvalue weighted by molar-refractivity contribution is 6.02. The van der Waals surface area contributed by atoms with E-state index in [1.165, 1.54) is 17.7 Å². The van der Waals surface area contributed by atoms with Gasteiger partial charge < -0.3 is 9.88 Å². The molecule has 3 aromatic rings. The smallest absolute Gasteiger partial charge is 0.128 e. The summed E-state index contributed by atoms with van der Waals surface area (Å²) in [5, 5.41) is 4.25. The number of nitrogens with one attached hydrogen (secondary N) is 1. The molecule has 1 N–H and O–H groups in total. The zero-order valence-corrected chi connectivity index (χ0v) is 17.9. The average molecular weight is 417 g/mol. The maximum absolute atomic E-state index is 14.5. The van der Waals surface area contributed by atoms with Crippen molar-refractivity contribution in [3.8, 4) is 0 Å². The van der Waals surface area contributed by atoms with Crippen molar-refractivity contribution in [1.82, 2.24) is 9.88 Å². The molecule has 2 heterocycles. The van der Waals surface area contributed by atoms with Gasteiger partial charge in [0.1, 0.15) is 11.6 Å². The number of benzene rings is 2. The van der Waals surface area contributed by atoms with E-state index in [0.29, 0.717) is 5.56 Å². The Kier molecular flexibility index (Phi) is 5.64. The van der Waals surface area contributed by atoms with E-state index in [-0.39, 0.29) is 6.54 Å². The fraction of sp³-hybridized carbons (Fsp3) is 0.185. The van der Waals surface area contributed by atoms with Crippen molar-refractivity contribution in [3.05, 3.63) is 108 Å². The van der Waals surface area contributed by atoms with Crippen LogP contribution in [0, 0.1) is 11.6 Å². The molecule has 0 fully saturated rings. The number of hydrogen-bond acceptors (Lipinski definition) is 1. The van der Waals surface area contributed by atoms with Gasteiger partial charge in [0, 0.05) is 39.5 Å². The van der Waals surface area contributed by atoms with E-state index in [0.717, 1.165) is 57.9 Å². The van der Waals surface area contributed by atoms with Crippen LogP contribution in [0.4, 0.5) is 8.78 Å². The first-order valence-corrected chi connectivity index (χ1v) is 10.5. The summed E-state index contributed by atoms with van der Waals surface area (Å²) in [5.41, 5.74) is 7.03. The molecule has 0 saturated carbocycles. The van der Waals surface area contributed by atoms with Crippen molar-refractivity contribution in [2.75, 3.05) is 0 Å². The summed E-state index contributed by atoms with van der Waals surface area (Å²) in [4.78, 5) is 0. The van der Waals surface area contributed by atoms with Crippen LogP contribution in [-0.2, 0) is 13.0 Å². The summed E-state index contributed by atoms with van der Waals surface area (Å²) in [7, 11) is 0. The van der Waals surface area contributed by atoms with Crippen LogP contribution in [-0.4, -0.2) is 4.57 Å². The highest BCUT2D eigenvalue weighted by atomic mass is 19.1. The van der Waals surface area contributed by atoms with Gasteiger partial charge in [-0.15, -0.1) is 0 Å². The molecule has 31 heavy (non-hydrogen) atoms. The second kappa shape index (κ2) is 8.38. The zero-order chi connectivity index (χ0) is 22.1. The first-order chi connectivity index (χ1) is 14.9. The lowest BCUT2D eigenvalue weighted by molar-refractivity contribution is 0.578. The van der Waals surface area contributed by atoms with E-state index >= 15 is 0 Å². The number of dihydropyridines is 1. The maximum Gasteiger partial charge on any atom is 0.128 e. The Morgan fingerprint density at radius 3 is 2.65 bits per heavy atom. The molecule has 2 aromatic carbocycles. The lowest BCUT2D eigenvalue weighted by Gasteiger charge is -2.17. The van der Waals surface area contributed by atoms with Crippen LogP contribution in [0.5, 0.6) is 0 Å². The largest absolute Gasteiger partial charge is 0.362 e.